The molecule has 0 saturated carbocycles. The second-order valence-corrected chi connectivity index (χ2v) is 10.3. The number of fused-ring (bicyclic) bond motifs is 4. The molecule has 0 saturated heterocycles. The van der Waals surface area contributed by atoms with E-state index in [0.29, 0.717) is 45.9 Å². The van der Waals surface area contributed by atoms with Crippen LogP contribution in [-0.4, -0.2) is 21.1 Å². The van der Waals surface area contributed by atoms with Gasteiger partial charge in [0, 0.05) is 48.5 Å². The Kier molecular flexibility index (Phi) is 7.04. The molecule has 42 heavy (non-hydrogen) atoms. The lowest BCUT2D eigenvalue weighted by Gasteiger charge is -2.12. The molecule has 0 N–H and O–H groups in total. The Bertz CT molecular complexity index is 2000. The molecule has 0 aliphatic carbocycles. The van der Waals surface area contributed by atoms with Gasteiger partial charge in [0.25, 0.3) is 0 Å². The van der Waals surface area contributed by atoms with Gasteiger partial charge in [-0.15, -0.1) is 0 Å². The number of rotatable bonds is 7. The molecule has 210 valence electrons. The van der Waals surface area contributed by atoms with E-state index >= 15 is 0 Å². The summed E-state index contributed by atoms with van der Waals surface area (Å²) in [5.74, 6) is -0.292. The maximum absolute atomic E-state index is 13.0. The molecule has 0 radical (unpaired) electrons. The molecule has 8 nitrogen and oxygen atoms in total. The third-order valence-corrected chi connectivity index (χ3v) is 7.64. The Balaban J connectivity index is 1.05. The fraction of sp³-hybridized carbons (Fsp3) is 0.176. The van der Waals surface area contributed by atoms with Gasteiger partial charge < -0.3 is 18.6 Å². The molecule has 0 aliphatic heterocycles. The number of pyridine rings is 2. The lowest BCUT2D eigenvalue weighted by Crippen LogP contribution is -2.12. The third kappa shape index (κ3) is 4.92. The molecule has 0 bridgehead atoms. The van der Waals surface area contributed by atoms with Crippen LogP contribution < -0.4 is 20.3 Å². The van der Waals surface area contributed by atoms with E-state index in [1.807, 2.05) is 59.6 Å². The minimum atomic E-state index is -0.446. The maximum atomic E-state index is 13.0. The van der Waals surface area contributed by atoms with Crippen LogP contribution in [0.1, 0.15) is 25.7 Å². The number of esters is 2. The second kappa shape index (κ2) is 11.0. The summed E-state index contributed by atoms with van der Waals surface area (Å²) in [6, 6.07) is 24.8. The normalized spacial score (nSPS) is 11.4. The smallest absolute Gasteiger partial charge is 0.311 e. The number of carbonyl (C=O) groups excluding carboxylic acids is 2. The van der Waals surface area contributed by atoms with Crippen molar-refractivity contribution < 1.29 is 19.1 Å². The number of hydrogen-bond acceptors (Lipinski definition) is 6. The van der Waals surface area contributed by atoms with E-state index < -0.39 is 11.9 Å². The van der Waals surface area contributed by atoms with Crippen LogP contribution in [0, 0.1) is 0 Å². The van der Waals surface area contributed by atoms with Crippen molar-refractivity contribution in [2.24, 2.45) is 14.1 Å². The van der Waals surface area contributed by atoms with Crippen molar-refractivity contribution in [3.05, 3.63) is 105 Å². The van der Waals surface area contributed by atoms with Gasteiger partial charge in [-0.05, 0) is 73.5 Å². The molecular weight excluding hydrogens is 532 g/mol. The van der Waals surface area contributed by atoms with E-state index in [9.17, 15) is 19.2 Å². The number of carbonyl (C=O) groups is 2. The van der Waals surface area contributed by atoms with Gasteiger partial charge in [0.2, 0.25) is 0 Å². The Morgan fingerprint density at radius 3 is 1.36 bits per heavy atom. The van der Waals surface area contributed by atoms with Crippen molar-refractivity contribution in [2.75, 3.05) is 0 Å². The van der Waals surface area contributed by atoms with E-state index in [1.54, 1.807) is 48.5 Å². The molecule has 0 unspecified atom stereocenters. The van der Waals surface area contributed by atoms with Crippen LogP contribution in [0.15, 0.2) is 94.5 Å². The molecular formula is C34H28N2O6. The average Bonchev–Trinajstić information content (AvgIpc) is 3.01. The predicted molar refractivity (Wildman–Crippen MR) is 163 cm³/mol. The van der Waals surface area contributed by atoms with Crippen molar-refractivity contribution in [3.8, 4) is 11.5 Å². The van der Waals surface area contributed by atoms with Crippen LogP contribution in [0.25, 0.3) is 43.6 Å². The highest BCUT2D eigenvalue weighted by Crippen LogP contribution is 2.24. The topological polar surface area (TPSA) is 96.6 Å². The van der Waals surface area contributed by atoms with Crippen molar-refractivity contribution in [3.63, 3.8) is 0 Å². The molecule has 6 rings (SSSR count). The zero-order chi connectivity index (χ0) is 29.4. The zero-order valence-electron chi connectivity index (χ0n) is 23.3. The highest BCUT2D eigenvalue weighted by atomic mass is 16.5. The van der Waals surface area contributed by atoms with Crippen LogP contribution >= 0.6 is 0 Å². The lowest BCUT2D eigenvalue weighted by molar-refractivity contribution is -0.136. The van der Waals surface area contributed by atoms with Gasteiger partial charge in [0.05, 0.1) is 22.1 Å². The maximum Gasteiger partial charge on any atom is 0.311 e. The zero-order valence-corrected chi connectivity index (χ0v) is 23.3. The Morgan fingerprint density at radius 1 is 0.548 bits per heavy atom. The molecule has 0 aliphatic rings. The molecule has 0 amide bonds. The summed E-state index contributed by atoms with van der Waals surface area (Å²) in [5.41, 5.74) is 2.92. The van der Waals surface area contributed by atoms with E-state index in [-0.39, 0.29) is 23.7 Å². The van der Waals surface area contributed by atoms with Crippen LogP contribution in [0.4, 0.5) is 0 Å². The van der Waals surface area contributed by atoms with Crippen LogP contribution in [0.2, 0.25) is 0 Å². The second-order valence-electron chi connectivity index (χ2n) is 10.3. The number of benzene rings is 4. The number of hydrogen-bond donors (Lipinski definition) is 0. The van der Waals surface area contributed by atoms with E-state index in [4.69, 9.17) is 9.47 Å². The van der Waals surface area contributed by atoms with Gasteiger partial charge >= 0.3 is 11.9 Å². The van der Waals surface area contributed by atoms with Crippen molar-refractivity contribution in [2.45, 2.75) is 25.7 Å². The standard InChI is InChI=1S/C34H28N2O6/c1-35-27-11-5-3-9-23(27)33(39)25-19-21(15-17-29(25)35)41-31(37)13-7-8-14-32(38)42-22-16-18-30-26(20-22)34(40)24-10-4-6-12-28(24)36(30)2/h3-6,9-12,15-20H,7-8,13-14H2,1-2H3. The summed E-state index contributed by atoms with van der Waals surface area (Å²) < 4.78 is 14.9. The quantitative estimate of drug-likeness (QED) is 0.106. The number of para-hydroxylation sites is 2. The first kappa shape index (κ1) is 27.0. The Hall–Kier alpha value is -5.24. The van der Waals surface area contributed by atoms with Crippen molar-refractivity contribution >= 4 is 55.6 Å². The minimum Gasteiger partial charge on any atom is -0.427 e. The van der Waals surface area contributed by atoms with E-state index in [1.165, 1.54) is 0 Å². The van der Waals surface area contributed by atoms with Gasteiger partial charge in [-0.2, -0.15) is 0 Å². The highest BCUT2D eigenvalue weighted by molar-refractivity contribution is 5.95. The molecule has 8 heteroatoms. The van der Waals surface area contributed by atoms with E-state index in [0.717, 1.165) is 22.1 Å². The van der Waals surface area contributed by atoms with Gasteiger partial charge in [0.15, 0.2) is 10.9 Å². The summed E-state index contributed by atoms with van der Waals surface area (Å²) in [4.78, 5) is 51.0. The van der Waals surface area contributed by atoms with Gasteiger partial charge in [-0.1, -0.05) is 24.3 Å². The lowest BCUT2D eigenvalue weighted by atomic mass is 10.1. The van der Waals surface area contributed by atoms with E-state index in [2.05, 4.69) is 0 Å². The van der Waals surface area contributed by atoms with Crippen LogP contribution in [-0.2, 0) is 23.7 Å². The molecule has 0 fully saturated rings. The van der Waals surface area contributed by atoms with Crippen molar-refractivity contribution in [1.29, 1.82) is 0 Å². The molecule has 0 atom stereocenters. The molecule has 2 aromatic heterocycles. The summed E-state index contributed by atoms with van der Waals surface area (Å²) in [6.07, 6.45) is 1.08. The Labute approximate surface area is 240 Å². The fourth-order valence-electron chi connectivity index (χ4n) is 5.48. The van der Waals surface area contributed by atoms with Gasteiger partial charge in [-0.3, -0.25) is 19.2 Å². The first-order valence-corrected chi connectivity index (χ1v) is 13.8. The number of ether oxygens (including phenoxy) is 2. The summed E-state index contributed by atoms with van der Waals surface area (Å²) in [5, 5.41) is 2.15. The molecule has 4 aromatic carbocycles. The number of aromatic nitrogens is 2. The largest absolute Gasteiger partial charge is 0.427 e. The van der Waals surface area contributed by atoms with Crippen molar-refractivity contribution in [1.82, 2.24) is 9.13 Å². The van der Waals surface area contributed by atoms with Gasteiger partial charge in [-0.25, -0.2) is 0 Å². The monoisotopic (exact) mass is 560 g/mol. The summed E-state index contributed by atoms with van der Waals surface area (Å²) in [7, 11) is 3.78. The molecule has 0 spiro atoms. The summed E-state index contributed by atoms with van der Waals surface area (Å²) >= 11 is 0. The fourth-order valence-corrected chi connectivity index (χ4v) is 5.48. The average molecular weight is 561 g/mol. The predicted octanol–water partition coefficient (Wildman–Crippen LogP) is 5.77. The first-order chi connectivity index (χ1) is 20.3. The molecule has 6 aromatic rings. The summed E-state index contributed by atoms with van der Waals surface area (Å²) in [6.45, 7) is 0. The Morgan fingerprint density at radius 2 is 0.929 bits per heavy atom. The highest BCUT2D eigenvalue weighted by Gasteiger charge is 2.14. The van der Waals surface area contributed by atoms with Crippen LogP contribution in [0.5, 0.6) is 11.5 Å². The number of nitrogens with zero attached hydrogens (tertiary/aromatic N) is 2. The number of unbranched alkanes of at least 4 members (excludes halogenated alkanes) is 1. The van der Waals surface area contributed by atoms with Crippen LogP contribution in [0.3, 0.4) is 0 Å². The van der Waals surface area contributed by atoms with Gasteiger partial charge in [0.1, 0.15) is 11.5 Å². The minimum absolute atomic E-state index is 0.111. The third-order valence-electron chi connectivity index (χ3n) is 7.64. The SMILES string of the molecule is Cn1c2ccccc2c(=O)c2cc(OC(=O)CCCCC(=O)Oc3ccc4c(c3)c(=O)c3ccccc3n4C)ccc21. The first-order valence-electron chi connectivity index (χ1n) is 13.8. The molecule has 2 heterocycles. The number of aryl methyl sites for hydroxylation is 2.